The molecule has 0 fully saturated rings. The van der Waals surface area contributed by atoms with E-state index in [9.17, 15) is 0 Å². The van der Waals surface area contributed by atoms with E-state index in [0.717, 1.165) is 5.69 Å². The number of nitrogens with zero attached hydrogens (tertiary/aromatic N) is 1. The maximum absolute atomic E-state index is 5.91. The van der Waals surface area contributed by atoms with Gasteiger partial charge in [0.15, 0.2) is 0 Å². The molecule has 15 heavy (non-hydrogen) atoms. The quantitative estimate of drug-likeness (QED) is 0.634. The molecule has 1 nitrogen and oxygen atoms in total. The zero-order chi connectivity index (χ0) is 11.1. The number of rotatable bonds is 6. The van der Waals surface area contributed by atoms with Crippen molar-refractivity contribution in [1.29, 1.82) is 0 Å². The van der Waals surface area contributed by atoms with Crippen molar-refractivity contribution < 1.29 is 0 Å². The van der Waals surface area contributed by atoms with Crippen molar-refractivity contribution >= 4 is 11.6 Å². The Bertz CT molecular complexity index is 286. The molecule has 0 saturated heterocycles. The Morgan fingerprint density at radius 1 is 1.20 bits per heavy atom. The summed E-state index contributed by atoms with van der Waals surface area (Å²) in [5.41, 5.74) is 1.16. The van der Waals surface area contributed by atoms with Gasteiger partial charge in [-0.05, 0) is 25.0 Å². The lowest BCUT2D eigenvalue weighted by Crippen LogP contribution is -2.01. The summed E-state index contributed by atoms with van der Waals surface area (Å²) < 4.78 is 0. The average Bonchev–Trinajstić information content (AvgIpc) is 2.24. The highest BCUT2D eigenvalue weighted by molar-refractivity contribution is 6.29. The van der Waals surface area contributed by atoms with Gasteiger partial charge in [0, 0.05) is 11.6 Å². The van der Waals surface area contributed by atoms with E-state index in [1.165, 1.54) is 32.1 Å². The second-order valence-corrected chi connectivity index (χ2v) is 4.40. The smallest absolute Gasteiger partial charge is 0.129 e. The van der Waals surface area contributed by atoms with Crippen LogP contribution in [-0.4, -0.2) is 4.98 Å². The molecular formula is C13H20ClN. The Labute approximate surface area is 97.9 Å². The first kappa shape index (κ1) is 12.5. The van der Waals surface area contributed by atoms with E-state index in [0.29, 0.717) is 11.1 Å². The lowest BCUT2D eigenvalue weighted by molar-refractivity contribution is 0.530. The predicted octanol–water partition coefficient (Wildman–Crippen LogP) is 4.81. The van der Waals surface area contributed by atoms with Gasteiger partial charge in [0.2, 0.25) is 0 Å². The van der Waals surface area contributed by atoms with Crippen molar-refractivity contribution in [1.82, 2.24) is 4.98 Å². The summed E-state index contributed by atoms with van der Waals surface area (Å²) in [7, 11) is 0. The minimum absolute atomic E-state index is 0.591. The Hall–Kier alpha value is -0.560. The first-order chi connectivity index (χ1) is 7.27. The van der Waals surface area contributed by atoms with Gasteiger partial charge in [0.05, 0.1) is 0 Å². The highest BCUT2D eigenvalue weighted by Crippen LogP contribution is 2.26. The van der Waals surface area contributed by atoms with Gasteiger partial charge in [0.1, 0.15) is 5.15 Å². The summed E-state index contributed by atoms with van der Waals surface area (Å²) in [4.78, 5) is 4.41. The number of halogens is 1. The molecule has 2 heteroatoms. The molecule has 1 rings (SSSR count). The van der Waals surface area contributed by atoms with Gasteiger partial charge in [0.25, 0.3) is 0 Å². The SMILES string of the molecule is CCCCC(CCC)c1cccc(Cl)n1. The number of unbranched alkanes of at least 4 members (excludes halogenated alkanes) is 1. The van der Waals surface area contributed by atoms with Crippen molar-refractivity contribution in [2.45, 2.75) is 51.9 Å². The van der Waals surface area contributed by atoms with Crippen LogP contribution in [-0.2, 0) is 0 Å². The van der Waals surface area contributed by atoms with Crippen molar-refractivity contribution in [2.75, 3.05) is 0 Å². The first-order valence-electron chi connectivity index (χ1n) is 5.90. The van der Waals surface area contributed by atoms with Gasteiger partial charge in [-0.3, -0.25) is 0 Å². The van der Waals surface area contributed by atoms with Crippen molar-refractivity contribution in [3.63, 3.8) is 0 Å². The molecule has 1 unspecified atom stereocenters. The number of hydrogen-bond acceptors (Lipinski definition) is 1. The van der Waals surface area contributed by atoms with E-state index in [1.54, 1.807) is 0 Å². The van der Waals surface area contributed by atoms with E-state index in [4.69, 9.17) is 11.6 Å². The van der Waals surface area contributed by atoms with Gasteiger partial charge in [-0.1, -0.05) is 50.8 Å². The van der Waals surface area contributed by atoms with E-state index in [-0.39, 0.29) is 0 Å². The fraction of sp³-hybridized carbons (Fsp3) is 0.615. The molecule has 0 saturated carbocycles. The topological polar surface area (TPSA) is 12.9 Å². The molecule has 1 atom stereocenters. The van der Waals surface area contributed by atoms with Crippen LogP contribution < -0.4 is 0 Å². The van der Waals surface area contributed by atoms with Gasteiger partial charge in [-0.2, -0.15) is 0 Å². The van der Waals surface area contributed by atoms with Gasteiger partial charge >= 0.3 is 0 Å². The minimum Gasteiger partial charge on any atom is -0.241 e. The third-order valence-corrected chi connectivity index (χ3v) is 2.91. The number of aromatic nitrogens is 1. The van der Waals surface area contributed by atoms with Crippen LogP contribution in [0.25, 0.3) is 0 Å². The molecule has 0 amide bonds. The molecule has 1 aromatic heterocycles. The molecule has 0 aromatic carbocycles. The fourth-order valence-electron chi connectivity index (χ4n) is 1.89. The zero-order valence-corrected chi connectivity index (χ0v) is 10.4. The zero-order valence-electron chi connectivity index (χ0n) is 9.67. The maximum atomic E-state index is 5.91. The van der Waals surface area contributed by atoms with Crippen molar-refractivity contribution in [3.8, 4) is 0 Å². The largest absolute Gasteiger partial charge is 0.241 e. The first-order valence-corrected chi connectivity index (χ1v) is 6.28. The van der Waals surface area contributed by atoms with E-state index >= 15 is 0 Å². The van der Waals surface area contributed by atoms with Crippen LogP contribution in [0.2, 0.25) is 5.15 Å². The molecule has 0 spiro atoms. The van der Waals surface area contributed by atoms with Crippen LogP contribution in [0.15, 0.2) is 18.2 Å². The highest BCUT2D eigenvalue weighted by Gasteiger charge is 2.11. The third kappa shape index (κ3) is 4.21. The van der Waals surface area contributed by atoms with Crippen LogP contribution in [0.5, 0.6) is 0 Å². The van der Waals surface area contributed by atoms with Crippen LogP contribution in [0.4, 0.5) is 0 Å². The molecule has 0 aliphatic rings. The maximum Gasteiger partial charge on any atom is 0.129 e. The highest BCUT2D eigenvalue weighted by atomic mass is 35.5. The van der Waals surface area contributed by atoms with E-state index in [2.05, 4.69) is 24.9 Å². The summed E-state index contributed by atoms with van der Waals surface area (Å²) in [6.45, 7) is 4.46. The van der Waals surface area contributed by atoms with Crippen molar-refractivity contribution in [2.24, 2.45) is 0 Å². The molecule has 0 N–H and O–H groups in total. The van der Waals surface area contributed by atoms with Gasteiger partial charge in [-0.25, -0.2) is 4.98 Å². The summed E-state index contributed by atoms with van der Waals surface area (Å²) in [5, 5.41) is 0.616. The molecule has 0 radical (unpaired) electrons. The summed E-state index contributed by atoms with van der Waals surface area (Å²) in [6, 6.07) is 5.94. The lowest BCUT2D eigenvalue weighted by Gasteiger charge is -2.15. The van der Waals surface area contributed by atoms with Crippen molar-refractivity contribution in [3.05, 3.63) is 29.0 Å². The van der Waals surface area contributed by atoms with Gasteiger partial charge in [-0.15, -0.1) is 0 Å². The van der Waals surface area contributed by atoms with E-state index < -0.39 is 0 Å². The summed E-state index contributed by atoms with van der Waals surface area (Å²) in [6.07, 6.45) is 6.19. The fourth-order valence-corrected chi connectivity index (χ4v) is 2.06. The molecule has 0 aliphatic carbocycles. The molecule has 1 aromatic rings. The van der Waals surface area contributed by atoms with Crippen LogP contribution in [0, 0.1) is 0 Å². The molecular weight excluding hydrogens is 206 g/mol. The Morgan fingerprint density at radius 2 is 2.00 bits per heavy atom. The molecule has 0 aliphatic heterocycles. The summed E-state index contributed by atoms with van der Waals surface area (Å²) in [5.74, 6) is 0.591. The number of pyridine rings is 1. The molecule has 84 valence electrons. The monoisotopic (exact) mass is 225 g/mol. The minimum atomic E-state index is 0.591. The second-order valence-electron chi connectivity index (χ2n) is 4.01. The Balaban J connectivity index is 2.69. The normalized spacial score (nSPS) is 12.7. The summed E-state index contributed by atoms with van der Waals surface area (Å²) >= 11 is 5.91. The molecule has 1 heterocycles. The van der Waals surface area contributed by atoms with Crippen LogP contribution in [0.3, 0.4) is 0 Å². The second kappa shape index (κ2) is 6.84. The number of hydrogen-bond donors (Lipinski definition) is 0. The van der Waals surface area contributed by atoms with Crippen LogP contribution in [0.1, 0.15) is 57.6 Å². The Kier molecular flexibility index (Phi) is 5.70. The predicted molar refractivity (Wildman–Crippen MR) is 66.4 cm³/mol. The van der Waals surface area contributed by atoms with E-state index in [1.807, 2.05) is 12.1 Å². The average molecular weight is 226 g/mol. The standard InChI is InChI=1S/C13H20ClN/c1-3-5-8-11(7-4-2)12-9-6-10-13(14)15-12/h6,9-11H,3-5,7-8H2,1-2H3. The van der Waals surface area contributed by atoms with Gasteiger partial charge < -0.3 is 0 Å². The Morgan fingerprint density at radius 3 is 2.60 bits per heavy atom. The van der Waals surface area contributed by atoms with Crippen LogP contribution >= 0.6 is 11.6 Å². The third-order valence-electron chi connectivity index (χ3n) is 2.70. The lowest BCUT2D eigenvalue weighted by atomic mass is 9.93. The molecule has 0 bridgehead atoms.